The summed E-state index contributed by atoms with van der Waals surface area (Å²) >= 11 is 14.1. The molecule has 1 atom stereocenters. The lowest BCUT2D eigenvalue weighted by Gasteiger charge is -2.46. The number of amides is 1. The molecule has 14 heteroatoms. The molecule has 1 saturated heterocycles. The van der Waals surface area contributed by atoms with Crippen molar-refractivity contribution in [3.05, 3.63) is 146 Å². The fraction of sp³-hybridized carbons (Fsp3) is 0.225. The van der Waals surface area contributed by atoms with E-state index in [1.807, 2.05) is 60.7 Å². The monoisotopic (exact) mass is 801 g/mol. The fourth-order valence-corrected chi connectivity index (χ4v) is 9.17. The van der Waals surface area contributed by atoms with Gasteiger partial charge in [-0.05, 0) is 89.7 Å². The minimum absolute atomic E-state index is 0.195. The number of nitro benzene ring substituents is 1. The normalized spacial score (nSPS) is 15.6. The maximum Gasteiger partial charge on any atom is 0.293 e. The Hall–Kier alpha value is -4.59. The van der Waals surface area contributed by atoms with Crippen LogP contribution in [0.1, 0.15) is 27.9 Å². The molecular formula is C40H37Cl2N5O5S2. The number of nitrogens with one attached hydrogen (secondary N) is 2. The van der Waals surface area contributed by atoms with Crippen LogP contribution in [-0.4, -0.2) is 62.1 Å². The topological polar surface area (TPSA) is 125 Å². The van der Waals surface area contributed by atoms with Gasteiger partial charge in [0.25, 0.3) is 21.6 Å². The molecule has 1 fully saturated rings. The number of aryl methyl sites for hydroxylation is 1. The van der Waals surface area contributed by atoms with Crippen molar-refractivity contribution in [1.82, 2.24) is 9.62 Å². The van der Waals surface area contributed by atoms with Crippen LogP contribution in [0, 0.1) is 10.1 Å². The molecule has 1 amide bonds. The second-order valence-electron chi connectivity index (χ2n) is 13.2. The van der Waals surface area contributed by atoms with E-state index in [1.165, 1.54) is 17.7 Å². The van der Waals surface area contributed by atoms with Crippen LogP contribution in [0.3, 0.4) is 0 Å². The molecule has 7 rings (SSSR count). The summed E-state index contributed by atoms with van der Waals surface area (Å²) in [7, 11) is -4.40. The first-order chi connectivity index (χ1) is 26.1. The molecule has 5 aromatic rings. The van der Waals surface area contributed by atoms with Crippen molar-refractivity contribution in [1.29, 1.82) is 0 Å². The molecule has 0 radical (unpaired) electrons. The predicted molar refractivity (Wildman–Crippen MR) is 216 cm³/mol. The number of hydrogen-bond donors (Lipinski definition) is 2. The van der Waals surface area contributed by atoms with Gasteiger partial charge in [0.1, 0.15) is 5.69 Å². The van der Waals surface area contributed by atoms with Gasteiger partial charge in [0.15, 0.2) is 0 Å². The van der Waals surface area contributed by atoms with Crippen molar-refractivity contribution >= 4 is 68.0 Å². The number of sulfonamides is 1. The molecule has 0 saturated carbocycles. The maximum atomic E-state index is 13.3. The van der Waals surface area contributed by atoms with E-state index < -0.39 is 26.5 Å². The lowest BCUT2D eigenvalue weighted by atomic mass is 9.92. The standard InChI is InChI=1S/C40H37Cl2N5O5S2/c41-35-15-11-27(23-36(35)42)34-9-5-4-6-30(34)25-45-19-20-46-31(26-45)13-10-28-22-29(12-17-38(28)46)40(48)44-54(51,52)33-14-16-37(39(24-33)47(49)50)43-18-21-53-32-7-2-1-3-8-32/h1-9,11-12,14-17,22-24,31,43H,10,13,18-21,25-26H2,(H,44,48)/t31-/m0/s1. The Morgan fingerprint density at radius 3 is 2.50 bits per heavy atom. The Labute approximate surface area is 328 Å². The van der Waals surface area contributed by atoms with Crippen LogP contribution < -0.4 is 14.9 Å². The molecule has 2 N–H and O–H groups in total. The van der Waals surface area contributed by atoms with Crippen molar-refractivity contribution in [2.75, 3.05) is 42.1 Å². The van der Waals surface area contributed by atoms with Gasteiger partial charge in [0, 0.05) is 66.7 Å². The van der Waals surface area contributed by atoms with Crippen molar-refractivity contribution in [2.45, 2.75) is 35.2 Å². The summed E-state index contributed by atoms with van der Waals surface area (Å²) < 4.78 is 28.7. The zero-order valence-electron chi connectivity index (χ0n) is 29.1. The van der Waals surface area contributed by atoms with Gasteiger partial charge in [0.05, 0.1) is 19.9 Å². The minimum Gasteiger partial charge on any atom is -0.379 e. The van der Waals surface area contributed by atoms with Crippen molar-refractivity contribution in [3.8, 4) is 11.1 Å². The second kappa shape index (κ2) is 16.4. The summed E-state index contributed by atoms with van der Waals surface area (Å²) in [5.74, 6) is -0.153. The third kappa shape index (κ3) is 8.53. The predicted octanol–water partition coefficient (Wildman–Crippen LogP) is 8.53. The molecule has 0 aliphatic carbocycles. The molecular weight excluding hydrogens is 766 g/mol. The molecule has 10 nitrogen and oxygen atoms in total. The number of carbonyl (C=O) groups excluding carboxylic acids is 1. The Morgan fingerprint density at radius 2 is 1.70 bits per heavy atom. The highest BCUT2D eigenvalue weighted by Crippen LogP contribution is 2.36. The molecule has 0 spiro atoms. The number of thioether (sulfide) groups is 1. The van der Waals surface area contributed by atoms with Crippen LogP contribution >= 0.6 is 35.0 Å². The number of piperazine rings is 1. The van der Waals surface area contributed by atoms with Crippen LogP contribution in [0.5, 0.6) is 0 Å². The van der Waals surface area contributed by atoms with Gasteiger partial charge in [-0.1, -0.05) is 71.7 Å². The Bertz CT molecular complexity index is 2310. The van der Waals surface area contributed by atoms with E-state index in [9.17, 15) is 23.3 Å². The Balaban J connectivity index is 0.980. The van der Waals surface area contributed by atoms with Gasteiger partial charge in [-0.2, -0.15) is 0 Å². The van der Waals surface area contributed by atoms with Crippen LogP contribution in [0.4, 0.5) is 17.1 Å². The van der Waals surface area contributed by atoms with Gasteiger partial charge in [-0.3, -0.25) is 19.8 Å². The summed E-state index contributed by atoms with van der Waals surface area (Å²) in [5.41, 5.74) is 5.38. The number of hydrogen-bond acceptors (Lipinski definition) is 9. The average Bonchev–Trinajstić information content (AvgIpc) is 3.17. The van der Waals surface area contributed by atoms with Gasteiger partial charge < -0.3 is 10.2 Å². The third-order valence-electron chi connectivity index (χ3n) is 9.74. The number of halogens is 2. The minimum atomic E-state index is -4.40. The smallest absolute Gasteiger partial charge is 0.293 e. The highest BCUT2D eigenvalue weighted by atomic mass is 35.5. The summed E-state index contributed by atoms with van der Waals surface area (Å²) in [5, 5.41) is 16.0. The lowest BCUT2D eigenvalue weighted by molar-refractivity contribution is -0.384. The first-order valence-corrected chi connectivity index (χ1v) is 20.7. The van der Waals surface area contributed by atoms with Gasteiger partial charge in [-0.25, -0.2) is 13.1 Å². The van der Waals surface area contributed by atoms with E-state index in [0.29, 0.717) is 28.4 Å². The van der Waals surface area contributed by atoms with E-state index >= 15 is 0 Å². The van der Waals surface area contributed by atoms with Gasteiger partial charge >= 0.3 is 0 Å². The number of nitrogens with zero attached hydrogens (tertiary/aromatic N) is 3. The molecule has 0 aromatic heterocycles. The molecule has 54 heavy (non-hydrogen) atoms. The zero-order valence-corrected chi connectivity index (χ0v) is 32.2. The fourth-order valence-electron chi connectivity index (χ4n) is 7.09. The Morgan fingerprint density at radius 1 is 0.907 bits per heavy atom. The number of carbonyl (C=O) groups is 1. The first kappa shape index (κ1) is 37.7. The highest BCUT2D eigenvalue weighted by Gasteiger charge is 2.33. The van der Waals surface area contributed by atoms with Crippen molar-refractivity contribution in [2.24, 2.45) is 0 Å². The Kier molecular flexibility index (Phi) is 11.5. The average molecular weight is 803 g/mol. The van der Waals surface area contributed by atoms with E-state index in [0.717, 1.165) is 72.4 Å². The van der Waals surface area contributed by atoms with Crippen LogP contribution in [0.15, 0.2) is 119 Å². The van der Waals surface area contributed by atoms with E-state index in [-0.39, 0.29) is 16.1 Å². The summed E-state index contributed by atoms with van der Waals surface area (Å²) in [4.78, 5) is 30.1. The third-order valence-corrected chi connectivity index (χ3v) is 12.8. The van der Waals surface area contributed by atoms with Gasteiger partial charge in [-0.15, -0.1) is 11.8 Å². The van der Waals surface area contributed by atoms with Crippen LogP contribution in [0.2, 0.25) is 10.0 Å². The van der Waals surface area contributed by atoms with Gasteiger partial charge in [0.2, 0.25) is 0 Å². The van der Waals surface area contributed by atoms with Crippen LogP contribution in [0.25, 0.3) is 11.1 Å². The molecule has 278 valence electrons. The van der Waals surface area contributed by atoms with E-state index in [1.54, 1.807) is 23.9 Å². The SMILES string of the molecule is O=C(NS(=O)(=O)c1ccc(NCCSc2ccccc2)c([N+](=O)[O-])c1)c1ccc2c(c1)CC[C@H]1CN(Cc3ccccc3-c3ccc(Cl)c(Cl)c3)CCN21. The largest absolute Gasteiger partial charge is 0.379 e. The highest BCUT2D eigenvalue weighted by molar-refractivity contribution is 7.99. The number of fused-ring (bicyclic) bond motifs is 3. The molecule has 0 bridgehead atoms. The molecule has 5 aromatic carbocycles. The first-order valence-electron chi connectivity index (χ1n) is 17.5. The summed E-state index contributed by atoms with van der Waals surface area (Å²) in [6.07, 6.45) is 1.62. The lowest BCUT2D eigenvalue weighted by Crippen LogP contribution is -2.54. The van der Waals surface area contributed by atoms with Crippen molar-refractivity contribution in [3.63, 3.8) is 0 Å². The van der Waals surface area contributed by atoms with E-state index in [2.05, 4.69) is 38.0 Å². The number of anilines is 2. The maximum absolute atomic E-state index is 13.3. The number of benzene rings is 5. The molecule has 0 unspecified atom stereocenters. The second-order valence-corrected chi connectivity index (χ2v) is 16.9. The molecule has 2 aliphatic rings. The van der Waals surface area contributed by atoms with E-state index in [4.69, 9.17) is 23.2 Å². The number of nitro groups is 1. The van der Waals surface area contributed by atoms with Crippen molar-refractivity contribution < 1.29 is 18.1 Å². The van der Waals surface area contributed by atoms with Crippen LogP contribution in [-0.2, 0) is 23.0 Å². The molecule has 2 aliphatic heterocycles. The summed E-state index contributed by atoms with van der Waals surface area (Å²) in [6.45, 7) is 3.75. The molecule has 2 heterocycles. The number of rotatable bonds is 12. The quantitative estimate of drug-likeness (QED) is 0.0553. The summed E-state index contributed by atoms with van der Waals surface area (Å²) in [6, 6.07) is 32.9. The zero-order chi connectivity index (χ0) is 37.8.